The fraction of sp³-hybridized carbons (Fsp3) is 0.357. The number of carboxylic acid groups (broad SMARTS) is 1. The van der Waals surface area contributed by atoms with Gasteiger partial charge in [0, 0.05) is 6.54 Å². The van der Waals surface area contributed by atoms with Crippen LogP contribution in [0.2, 0.25) is 0 Å². The van der Waals surface area contributed by atoms with Crippen molar-refractivity contribution in [3.63, 3.8) is 0 Å². The fourth-order valence-electron chi connectivity index (χ4n) is 1.71. The van der Waals surface area contributed by atoms with E-state index in [1.807, 2.05) is 32.0 Å². The van der Waals surface area contributed by atoms with Crippen LogP contribution in [0.4, 0.5) is 0 Å². The minimum Gasteiger partial charge on any atom is -0.480 e. The Hall–Kier alpha value is -1.79. The van der Waals surface area contributed by atoms with Gasteiger partial charge in [0.05, 0.1) is 13.1 Å². The summed E-state index contributed by atoms with van der Waals surface area (Å²) in [6.07, 6.45) is 5.24. The first-order chi connectivity index (χ1) is 8.04. The second-order valence-electron chi connectivity index (χ2n) is 4.10. The summed E-state index contributed by atoms with van der Waals surface area (Å²) in [6.45, 7) is 4.97. The third-order valence-corrected chi connectivity index (χ3v) is 2.78. The van der Waals surface area contributed by atoms with Gasteiger partial charge in [-0.3, -0.25) is 9.69 Å². The molecule has 0 heterocycles. The van der Waals surface area contributed by atoms with E-state index in [0.29, 0.717) is 13.1 Å². The Labute approximate surface area is 102 Å². The molecule has 0 spiro atoms. The molecule has 0 saturated heterocycles. The summed E-state index contributed by atoms with van der Waals surface area (Å²) >= 11 is 0. The zero-order chi connectivity index (χ0) is 12.8. The lowest BCUT2D eigenvalue weighted by Crippen LogP contribution is -2.30. The number of benzene rings is 1. The maximum absolute atomic E-state index is 10.7. The molecule has 0 amide bonds. The minimum absolute atomic E-state index is 0.0302. The van der Waals surface area contributed by atoms with Crippen molar-refractivity contribution < 1.29 is 9.90 Å². The van der Waals surface area contributed by atoms with Gasteiger partial charge < -0.3 is 5.11 Å². The molecule has 90 valence electrons. The van der Waals surface area contributed by atoms with Gasteiger partial charge in [-0.1, -0.05) is 24.1 Å². The fourth-order valence-corrected chi connectivity index (χ4v) is 1.71. The quantitative estimate of drug-likeness (QED) is 0.786. The predicted octanol–water partition coefficient (Wildman–Crippen LogP) is 1.82. The van der Waals surface area contributed by atoms with Gasteiger partial charge in [-0.15, -0.1) is 6.42 Å². The van der Waals surface area contributed by atoms with Crippen molar-refractivity contribution in [3.8, 4) is 12.3 Å². The van der Waals surface area contributed by atoms with Gasteiger partial charge in [0.2, 0.25) is 0 Å². The van der Waals surface area contributed by atoms with E-state index >= 15 is 0 Å². The summed E-state index contributed by atoms with van der Waals surface area (Å²) in [5.41, 5.74) is 3.53. The zero-order valence-corrected chi connectivity index (χ0v) is 10.2. The van der Waals surface area contributed by atoms with E-state index in [1.165, 1.54) is 11.1 Å². The van der Waals surface area contributed by atoms with Crippen LogP contribution in [0, 0.1) is 26.2 Å². The standard InChI is InChI=1S/C14H17NO2/c1-4-8-15(10-14(16)17)9-13-7-5-6-11(2)12(13)3/h1,5-7H,8-10H2,2-3H3,(H,16,17). The van der Waals surface area contributed by atoms with Gasteiger partial charge in [0.1, 0.15) is 0 Å². The number of carboxylic acids is 1. The van der Waals surface area contributed by atoms with Gasteiger partial charge in [0.25, 0.3) is 0 Å². The van der Waals surface area contributed by atoms with Crippen LogP contribution in [0.3, 0.4) is 0 Å². The second kappa shape index (κ2) is 6.07. The monoisotopic (exact) mass is 231 g/mol. The van der Waals surface area contributed by atoms with Crippen molar-refractivity contribution in [1.29, 1.82) is 0 Å². The van der Waals surface area contributed by atoms with Crippen molar-refractivity contribution in [2.45, 2.75) is 20.4 Å². The molecule has 0 radical (unpaired) electrons. The Bertz CT molecular complexity index is 446. The average Bonchev–Trinajstić information content (AvgIpc) is 2.24. The number of nitrogens with zero attached hydrogens (tertiary/aromatic N) is 1. The van der Waals surface area contributed by atoms with Gasteiger partial charge in [-0.05, 0) is 30.5 Å². The third kappa shape index (κ3) is 3.93. The highest BCUT2D eigenvalue weighted by molar-refractivity contribution is 5.69. The molecule has 0 fully saturated rings. The Morgan fingerprint density at radius 3 is 2.76 bits per heavy atom. The van der Waals surface area contributed by atoms with Crippen LogP contribution in [0.5, 0.6) is 0 Å². The third-order valence-electron chi connectivity index (χ3n) is 2.78. The maximum Gasteiger partial charge on any atom is 0.317 e. The van der Waals surface area contributed by atoms with Crippen LogP contribution in [0.1, 0.15) is 16.7 Å². The Morgan fingerprint density at radius 1 is 1.47 bits per heavy atom. The van der Waals surface area contributed by atoms with E-state index in [4.69, 9.17) is 11.5 Å². The molecule has 0 saturated carbocycles. The van der Waals surface area contributed by atoms with Crippen molar-refractivity contribution >= 4 is 5.97 Å². The highest BCUT2D eigenvalue weighted by Gasteiger charge is 2.10. The van der Waals surface area contributed by atoms with Crippen LogP contribution in [-0.4, -0.2) is 29.1 Å². The Balaban J connectivity index is 2.82. The lowest BCUT2D eigenvalue weighted by molar-refractivity contribution is -0.138. The second-order valence-corrected chi connectivity index (χ2v) is 4.10. The molecule has 17 heavy (non-hydrogen) atoms. The minimum atomic E-state index is -0.856. The lowest BCUT2D eigenvalue weighted by Gasteiger charge is -2.19. The molecule has 0 unspecified atom stereocenters. The number of aryl methyl sites for hydroxylation is 1. The largest absolute Gasteiger partial charge is 0.480 e. The number of carbonyl (C=O) groups is 1. The Morgan fingerprint density at radius 2 is 2.18 bits per heavy atom. The maximum atomic E-state index is 10.7. The smallest absolute Gasteiger partial charge is 0.317 e. The molecule has 0 atom stereocenters. The number of rotatable bonds is 5. The van der Waals surface area contributed by atoms with Crippen LogP contribution in [0.15, 0.2) is 18.2 Å². The normalized spacial score (nSPS) is 10.2. The summed E-state index contributed by atoms with van der Waals surface area (Å²) in [6, 6.07) is 6.03. The lowest BCUT2D eigenvalue weighted by atomic mass is 10.0. The van der Waals surface area contributed by atoms with E-state index in [2.05, 4.69) is 5.92 Å². The molecular formula is C14H17NO2. The van der Waals surface area contributed by atoms with Gasteiger partial charge >= 0.3 is 5.97 Å². The average molecular weight is 231 g/mol. The molecule has 3 nitrogen and oxygen atoms in total. The van der Waals surface area contributed by atoms with Crippen LogP contribution in [-0.2, 0) is 11.3 Å². The number of aliphatic carboxylic acids is 1. The summed E-state index contributed by atoms with van der Waals surface area (Å²) in [7, 11) is 0. The van der Waals surface area contributed by atoms with Gasteiger partial charge in [0.15, 0.2) is 0 Å². The van der Waals surface area contributed by atoms with E-state index in [-0.39, 0.29) is 6.54 Å². The van der Waals surface area contributed by atoms with E-state index in [9.17, 15) is 4.79 Å². The van der Waals surface area contributed by atoms with Crippen LogP contribution in [0.25, 0.3) is 0 Å². The summed E-state index contributed by atoms with van der Waals surface area (Å²) in [4.78, 5) is 12.5. The molecule has 1 rings (SSSR count). The first-order valence-electron chi connectivity index (χ1n) is 5.47. The van der Waals surface area contributed by atoms with E-state index in [0.717, 1.165) is 5.56 Å². The van der Waals surface area contributed by atoms with E-state index in [1.54, 1.807) is 4.90 Å². The first-order valence-corrected chi connectivity index (χ1v) is 5.47. The number of hydrogen-bond acceptors (Lipinski definition) is 2. The van der Waals surface area contributed by atoms with Crippen molar-refractivity contribution in [3.05, 3.63) is 34.9 Å². The van der Waals surface area contributed by atoms with Crippen molar-refractivity contribution in [1.82, 2.24) is 4.90 Å². The number of hydrogen-bond donors (Lipinski definition) is 1. The molecule has 1 aromatic carbocycles. The molecule has 0 aliphatic heterocycles. The first kappa shape index (κ1) is 13.3. The summed E-state index contributed by atoms with van der Waals surface area (Å²) in [5, 5.41) is 8.80. The highest BCUT2D eigenvalue weighted by atomic mass is 16.4. The number of terminal acetylenes is 1. The van der Waals surface area contributed by atoms with Crippen LogP contribution >= 0.6 is 0 Å². The van der Waals surface area contributed by atoms with Crippen molar-refractivity contribution in [2.24, 2.45) is 0 Å². The van der Waals surface area contributed by atoms with Crippen LogP contribution < -0.4 is 0 Å². The zero-order valence-electron chi connectivity index (χ0n) is 10.2. The van der Waals surface area contributed by atoms with Gasteiger partial charge in [-0.25, -0.2) is 0 Å². The van der Waals surface area contributed by atoms with Gasteiger partial charge in [-0.2, -0.15) is 0 Å². The summed E-state index contributed by atoms with van der Waals surface area (Å²) < 4.78 is 0. The van der Waals surface area contributed by atoms with Crippen molar-refractivity contribution in [2.75, 3.05) is 13.1 Å². The molecule has 1 N–H and O–H groups in total. The molecule has 0 aliphatic carbocycles. The molecule has 3 heteroatoms. The predicted molar refractivity (Wildman–Crippen MR) is 67.7 cm³/mol. The van der Waals surface area contributed by atoms with E-state index < -0.39 is 5.97 Å². The Kier molecular flexibility index (Phi) is 4.74. The molecular weight excluding hydrogens is 214 g/mol. The molecule has 0 aromatic heterocycles. The summed E-state index contributed by atoms with van der Waals surface area (Å²) in [5.74, 6) is 1.63. The molecule has 1 aromatic rings. The molecule has 0 aliphatic rings. The SMILES string of the molecule is C#CCN(CC(=O)O)Cc1cccc(C)c1C. The highest BCUT2D eigenvalue weighted by Crippen LogP contribution is 2.14. The topological polar surface area (TPSA) is 40.5 Å². The molecule has 0 bridgehead atoms.